The van der Waals surface area contributed by atoms with Crippen molar-refractivity contribution >= 4 is 11.8 Å². The van der Waals surface area contributed by atoms with Crippen molar-refractivity contribution in [2.45, 2.75) is 36.8 Å². The average molecular weight is 390 g/mol. The summed E-state index contributed by atoms with van der Waals surface area (Å²) in [5.41, 5.74) is 1.41. The second-order valence-corrected chi connectivity index (χ2v) is 8.68. The highest BCUT2D eigenvalue weighted by Gasteiger charge is 2.68. The highest BCUT2D eigenvalue weighted by atomic mass is 16.3. The van der Waals surface area contributed by atoms with Crippen LogP contribution in [0.4, 0.5) is 0 Å². The lowest BCUT2D eigenvalue weighted by molar-refractivity contribution is -0.193. The standard InChI is InChI=1S/C24H26N2O3/c27-14-20-22(18-7-3-1-4-8-18)24(26(20)21(28)13-17-11-12-17)15-25(16-24)23(29)19-9-5-2-6-10-19/h1-10,17,20,22,27H,11-16H2/t20-,22+/m1/s1. The van der Waals surface area contributed by atoms with Gasteiger partial charge in [0.15, 0.2) is 0 Å². The summed E-state index contributed by atoms with van der Waals surface area (Å²) in [6.45, 7) is 0.991. The zero-order valence-corrected chi connectivity index (χ0v) is 16.4. The molecular formula is C24H26N2O3. The summed E-state index contributed by atoms with van der Waals surface area (Å²) in [5, 5.41) is 10.1. The molecular weight excluding hydrogens is 364 g/mol. The van der Waals surface area contributed by atoms with Crippen LogP contribution in [0.15, 0.2) is 60.7 Å². The van der Waals surface area contributed by atoms with Gasteiger partial charge in [-0.05, 0) is 36.5 Å². The van der Waals surface area contributed by atoms with Crippen molar-refractivity contribution in [1.82, 2.24) is 9.80 Å². The van der Waals surface area contributed by atoms with Gasteiger partial charge in [-0.15, -0.1) is 0 Å². The second-order valence-electron chi connectivity index (χ2n) is 8.68. The Labute approximate surface area is 170 Å². The van der Waals surface area contributed by atoms with Gasteiger partial charge >= 0.3 is 0 Å². The Morgan fingerprint density at radius 1 is 0.966 bits per heavy atom. The number of aliphatic hydroxyl groups is 1. The van der Waals surface area contributed by atoms with Crippen molar-refractivity contribution in [3.8, 4) is 0 Å². The number of hydrogen-bond donors (Lipinski definition) is 1. The molecule has 3 aliphatic rings. The molecule has 2 amide bonds. The first-order valence-corrected chi connectivity index (χ1v) is 10.5. The van der Waals surface area contributed by atoms with Crippen molar-refractivity contribution in [3.63, 3.8) is 0 Å². The van der Waals surface area contributed by atoms with E-state index in [9.17, 15) is 14.7 Å². The van der Waals surface area contributed by atoms with Crippen LogP contribution >= 0.6 is 0 Å². The average Bonchev–Trinajstić information content (AvgIpc) is 3.51. The number of carbonyl (C=O) groups is 2. The van der Waals surface area contributed by atoms with Gasteiger partial charge in [0.1, 0.15) is 0 Å². The van der Waals surface area contributed by atoms with Crippen molar-refractivity contribution in [2.24, 2.45) is 5.92 Å². The highest BCUT2D eigenvalue weighted by Crippen LogP contribution is 2.54. The molecule has 2 aromatic rings. The molecule has 150 valence electrons. The minimum atomic E-state index is -0.398. The smallest absolute Gasteiger partial charge is 0.254 e. The fraction of sp³-hybridized carbons (Fsp3) is 0.417. The molecule has 1 aliphatic carbocycles. The first kappa shape index (κ1) is 18.4. The molecule has 5 rings (SSSR count). The molecule has 0 radical (unpaired) electrons. The molecule has 2 saturated heterocycles. The van der Waals surface area contributed by atoms with E-state index < -0.39 is 5.54 Å². The minimum absolute atomic E-state index is 0.00470. The van der Waals surface area contributed by atoms with Gasteiger partial charge in [0.05, 0.1) is 18.2 Å². The first-order valence-electron chi connectivity index (χ1n) is 10.5. The van der Waals surface area contributed by atoms with Crippen LogP contribution in [0.25, 0.3) is 0 Å². The number of rotatable bonds is 5. The summed E-state index contributed by atoms with van der Waals surface area (Å²) in [6, 6.07) is 19.2. The van der Waals surface area contributed by atoms with Gasteiger partial charge in [0.25, 0.3) is 5.91 Å². The molecule has 5 heteroatoms. The first-order chi connectivity index (χ1) is 14.1. The quantitative estimate of drug-likeness (QED) is 0.854. The summed E-state index contributed by atoms with van der Waals surface area (Å²) in [5.74, 6) is 0.684. The fourth-order valence-electron chi connectivity index (χ4n) is 5.26. The molecule has 0 unspecified atom stereocenters. The number of benzene rings is 2. The molecule has 5 nitrogen and oxygen atoms in total. The predicted molar refractivity (Wildman–Crippen MR) is 109 cm³/mol. The third-order valence-corrected chi connectivity index (χ3v) is 6.79. The summed E-state index contributed by atoms with van der Waals surface area (Å²) < 4.78 is 0. The molecule has 2 aliphatic heterocycles. The van der Waals surface area contributed by atoms with Crippen molar-refractivity contribution in [3.05, 3.63) is 71.8 Å². The molecule has 1 N–H and O–H groups in total. The largest absolute Gasteiger partial charge is 0.394 e. The maximum atomic E-state index is 13.1. The van der Waals surface area contributed by atoms with E-state index >= 15 is 0 Å². The Morgan fingerprint density at radius 2 is 1.59 bits per heavy atom. The lowest BCUT2D eigenvalue weighted by Gasteiger charge is -2.70. The second kappa shape index (κ2) is 6.99. The monoisotopic (exact) mass is 390 g/mol. The van der Waals surface area contributed by atoms with Gasteiger partial charge < -0.3 is 14.9 Å². The molecule has 0 aromatic heterocycles. The van der Waals surface area contributed by atoms with E-state index in [1.54, 1.807) is 0 Å². The fourth-order valence-corrected chi connectivity index (χ4v) is 5.26. The van der Waals surface area contributed by atoms with Crippen LogP contribution in [-0.2, 0) is 4.79 Å². The molecule has 1 spiro atoms. The minimum Gasteiger partial charge on any atom is -0.394 e. The van der Waals surface area contributed by atoms with Crippen molar-refractivity contribution in [2.75, 3.05) is 19.7 Å². The number of likely N-dealkylation sites (tertiary alicyclic amines) is 2. The van der Waals surface area contributed by atoms with Gasteiger partial charge in [-0.3, -0.25) is 9.59 Å². The van der Waals surface area contributed by atoms with E-state index in [2.05, 4.69) is 12.1 Å². The number of aliphatic hydroxyl groups excluding tert-OH is 1. The van der Waals surface area contributed by atoms with E-state index in [0.29, 0.717) is 31.0 Å². The zero-order chi connectivity index (χ0) is 20.0. The van der Waals surface area contributed by atoms with Crippen LogP contribution < -0.4 is 0 Å². The maximum absolute atomic E-state index is 13.1. The molecule has 2 atom stereocenters. The Morgan fingerprint density at radius 3 is 2.17 bits per heavy atom. The number of carbonyl (C=O) groups excluding carboxylic acids is 2. The van der Waals surface area contributed by atoms with Crippen LogP contribution in [0, 0.1) is 5.92 Å². The van der Waals surface area contributed by atoms with Crippen LogP contribution in [0.3, 0.4) is 0 Å². The van der Waals surface area contributed by atoms with E-state index in [4.69, 9.17) is 0 Å². The van der Waals surface area contributed by atoms with Gasteiger partial charge in [-0.1, -0.05) is 48.5 Å². The van der Waals surface area contributed by atoms with Crippen molar-refractivity contribution in [1.29, 1.82) is 0 Å². The normalized spacial score (nSPS) is 24.7. The van der Waals surface area contributed by atoms with E-state index in [0.717, 1.165) is 18.4 Å². The molecule has 2 heterocycles. The molecule has 1 saturated carbocycles. The molecule has 2 aromatic carbocycles. The summed E-state index contributed by atoms with van der Waals surface area (Å²) in [4.78, 5) is 29.7. The van der Waals surface area contributed by atoms with Crippen LogP contribution in [0.5, 0.6) is 0 Å². The third kappa shape index (κ3) is 2.96. The van der Waals surface area contributed by atoms with Crippen LogP contribution in [0.1, 0.15) is 41.1 Å². The topological polar surface area (TPSA) is 60.9 Å². The molecule has 3 fully saturated rings. The van der Waals surface area contributed by atoms with Crippen LogP contribution in [-0.4, -0.2) is 58.0 Å². The lowest BCUT2D eigenvalue weighted by atomic mass is 9.60. The van der Waals surface area contributed by atoms with Gasteiger partial charge in [0.2, 0.25) is 5.91 Å². The van der Waals surface area contributed by atoms with Gasteiger partial charge in [0, 0.05) is 31.0 Å². The van der Waals surface area contributed by atoms with E-state index in [1.165, 1.54) is 0 Å². The zero-order valence-electron chi connectivity index (χ0n) is 16.4. The van der Waals surface area contributed by atoms with Crippen LogP contribution in [0.2, 0.25) is 0 Å². The number of hydrogen-bond acceptors (Lipinski definition) is 3. The molecule has 0 bridgehead atoms. The van der Waals surface area contributed by atoms with Crippen molar-refractivity contribution < 1.29 is 14.7 Å². The Kier molecular flexibility index (Phi) is 4.43. The SMILES string of the molecule is O=C(c1ccccc1)N1CC2(C1)[C@@H](c1ccccc1)[C@@H](CO)N2C(=O)CC1CC1. The number of nitrogens with zero attached hydrogens (tertiary/aromatic N) is 2. The highest BCUT2D eigenvalue weighted by molar-refractivity contribution is 5.95. The Balaban J connectivity index is 1.42. The summed E-state index contributed by atoms with van der Waals surface area (Å²) in [6.07, 6.45) is 2.81. The summed E-state index contributed by atoms with van der Waals surface area (Å²) in [7, 11) is 0. The predicted octanol–water partition coefficient (Wildman–Crippen LogP) is 2.67. The maximum Gasteiger partial charge on any atom is 0.254 e. The summed E-state index contributed by atoms with van der Waals surface area (Å²) >= 11 is 0. The Bertz CT molecular complexity index is 904. The number of amides is 2. The van der Waals surface area contributed by atoms with Gasteiger partial charge in [-0.2, -0.15) is 0 Å². The van der Waals surface area contributed by atoms with E-state index in [1.807, 2.05) is 58.3 Å². The third-order valence-electron chi connectivity index (χ3n) is 6.79. The van der Waals surface area contributed by atoms with Gasteiger partial charge in [-0.25, -0.2) is 0 Å². The lowest BCUT2D eigenvalue weighted by Crippen LogP contribution is -2.86. The Hall–Kier alpha value is -2.66. The van der Waals surface area contributed by atoms with E-state index in [-0.39, 0.29) is 30.4 Å². The molecule has 29 heavy (non-hydrogen) atoms.